The van der Waals surface area contributed by atoms with Crippen molar-refractivity contribution < 1.29 is 4.74 Å². The van der Waals surface area contributed by atoms with Crippen molar-refractivity contribution in [2.45, 2.75) is 32.7 Å². The predicted octanol–water partition coefficient (Wildman–Crippen LogP) is 5.24. The van der Waals surface area contributed by atoms with E-state index < -0.39 is 0 Å². The van der Waals surface area contributed by atoms with Gasteiger partial charge in [-0.1, -0.05) is 12.1 Å². The average molecular weight is 324 g/mol. The number of aryl methyl sites for hydroxylation is 1. The molecule has 4 heteroatoms. The van der Waals surface area contributed by atoms with Crippen molar-refractivity contribution in [1.29, 1.82) is 0 Å². The Morgan fingerprint density at radius 3 is 2.78 bits per heavy atom. The van der Waals surface area contributed by atoms with Gasteiger partial charge in [0, 0.05) is 33.9 Å². The van der Waals surface area contributed by atoms with Crippen LogP contribution >= 0.6 is 11.3 Å². The molecule has 0 bridgehead atoms. The first-order valence-corrected chi connectivity index (χ1v) is 8.84. The van der Waals surface area contributed by atoms with Gasteiger partial charge in [0.1, 0.15) is 10.8 Å². The lowest BCUT2D eigenvalue weighted by Crippen LogP contribution is -1.98. The van der Waals surface area contributed by atoms with E-state index in [0.717, 1.165) is 22.0 Å². The van der Waals surface area contributed by atoms with Crippen molar-refractivity contribution in [2.24, 2.45) is 0 Å². The van der Waals surface area contributed by atoms with Crippen LogP contribution in [0.15, 0.2) is 35.7 Å². The van der Waals surface area contributed by atoms with Crippen molar-refractivity contribution in [3.8, 4) is 27.6 Å². The molecule has 23 heavy (non-hydrogen) atoms. The normalized spacial score (nSPS) is 14.2. The number of thiazole rings is 1. The number of aromatic nitrogens is 2. The number of nitrogens with zero attached hydrogens (tertiary/aromatic N) is 2. The number of rotatable bonds is 4. The Labute approximate surface area is 140 Å². The molecule has 1 fully saturated rings. The van der Waals surface area contributed by atoms with Gasteiger partial charge in [0.2, 0.25) is 0 Å². The zero-order valence-corrected chi connectivity index (χ0v) is 14.5. The molecule has 0 aliphatic heterocycles. The Bertz CT molecular complexity index is 858. The van der Waals surface area contributed by atoms with E-state index in [9.17, 15) is 0 Å². The largest absolute Gasteiger partial charge is 0.497 e. The Morgan fingerprint density at radius 1 is 1.22 bits per heavy atom. The molecule has 3 nitrogen and oxygen atoms in total. The molecule has 1 aliphatic rings. The molecular formula is C19H20N2OS. The Balaban J connectivity index is 1.72. The fourth-order valence-electron chi connectivity index (χ4n) is 3.22. The molecule has 2 heterocycles. The maximum Gasteiger partial charge on any atom is 0.124 e. The van der Waals surface area contributed by atoms with Gasteiger partial charge in [-0.3, -0.25) is 0 Å². The highest BCUT2D eigenvalue weighted by atomic mass is 32.1. The minimum absolute atomic E-state index is 0.709. The molecule has 0 radical (unpaired) electrons. The van der Waals surface area contributed by atoms with Crippen LogP contribution in [0.4, 0.5) is 0 Å². The predicted molar refractivity (Wildman–Crippen MR) is 95.3 cm³/mol. The lowest BCUT2D eigenvalue weighted by atomic mass is 10.2. The monoisotopic (exact) mass is 324 g/mol. The van der Waals surface area contributed by atoms with E-state index in [1.165, 1.54) is 29.8 Å². The van der Waals surface area contributed by atoms with Gasteiger partial charge in [0.05, 0.1) is 12.8 Å². The summed E-state index contributed by atoms with van der Waals surface area (Å²) in [4.78, 5) is 4.87. The van der Waals surface area contributed by atoms with Crippen LogP contribution in [0.2, 0.25) is 0 Å². The van der Waals surface area contributed by atoms with E-state index in [1.54, 1.807) is 18.4 Å². The van der Waals surface area contributed by atoms with Gasteiger partial charge >= 0.3 is 0 Å². The zero-order chi connectivity index (χ0) is 16.0. The number of methoxy groups -OCH3 is 1. The Morgan fingerprint density at radius 2 is 2.04 bits per heavy atom. The van der Waals surface area contributed by atoms with Crippen molar-refractivity contribution in [3.05, 3.63) is 47.1 Å². The van der Waals surface area contributed by atoms with E-state index in [2.05, 4.69) is 35.9 Å². The van der Waals surface area contributed by atoms with Crippen molar-refractivity contribution in [3.63, 3.8) is 0 Å². The Kier molecular flexibility index (Phi) is 3.49. The van der Waals surface area contributed by atoms with Crippen LogP contribution in [0.1, 0.15) is 30.3 Å². The minimum Gasteiger partial charge on any atom is -0.497 e. The second-order valence-corrected chi connectivity index (χ2v) is 7.01. The zero-order valence-electron chi connectivity index (χ0n) is 13.7. The number of hydrogen-bond acceptors (Lipinski definition) is 3. The molecule has 0 N–H and O–H groups in total. The van der Waals surface area contributed by atoms with Crippen LogP contribution < -0.4 is 4.74 Å². The SMILES string of the molecule is COc1cccc(-c2nc(-c3cc(C)n(C4CC4)c3C)cs2)c1. The molecule has 0 saturated heterocycles. The van der Waals surface area contributed by atoms with Gasteiger partial charge in [0.15, 0.2) is 0 Å². The van der Waals surface area contributed by atoms with Crippen molar-refractivity contribution in [2.75, 3.05) is 7.11 Å². The first-order chi connectivity index (χ1) is 11.2. The van der Waals surface area contributed by atoms with Gasteiger partial charge in [-0.15, -0.1) is 11.3 Å². The molecule has 0 atom stereocenters. The molecule has 0 unspecified atom stereocenters. The summed E-state index contributed by atoms with van der Waals surface area (Å²) in [5, 5.41) is 3.20. The summed E-state index contributed by atoms with van der Waals surface area (Å²) in [7, 11) is 1.69. The second-order valence-electron chi connectivity index (χ2n) is 6.16. The molecule has 2 aromatic heterocycles. The van der Waals surface area contributed by atoms with Crippen LogP contribution in [0, 0.1) is 13.8 Å². The lowest BCUT2D eigenvalue weighted by molar-refractivity contribution is 0.415. The minimum atomic E-state index is 0.709. The van der Waals surface area contributed by atoms with Gasteiger partial charge < -0.3 is 9.30 Å². The standard InChI is InChI=1S/C19H20N2OS/c1-12-9-17(13(2)21(12)15-7-8-15)18-11-23-19(20-18)14-5-4-6-16(10-14)22-3/h4-6,9-11,15H,7-8H2,1-3H3. The van der Waals surface area contributed by atoms with Crippen LogP contribution in [-0.4, -0.2) is 16.7 Å². The molecule has 3 aromatic rings. The molecule has 1 aromatic carbocycles. The summed E-state index contributed by atoms with van der Waals surface area (Å²) in [5.41, 5.74) is 6.13. The summed E-state index contributed by atoms with van der Waals surface area (Å²) in [6.07, 6.45) is 2.61. The number of hydrogen-bond donors (Lipinski definition) is 0. The molecule has 0 spiro atoms. The van der Waals surface area contributed by atoms with E-state index in [4.69, 9.17) is 9.72 Å². The van der Waals surface area contributed by atoms with Gasteiger partial charge in [-0.25, -0.2) is 4.98 Å². The molecule has 4 rings (SSSR count). The summed E-state index contributed by atoms with van der Waals surface area (Å²) in [6, 6.07) is 11.1. The molecule has 1 saturated carbocycles. The lowest BCUT2D eigenvalue weighted by Gasteiger charge is -2.07. The fraction of sp³-hybridized carbons (Fsp3) is 0.316. The van der Waals surface area contributed by atoms with Gasteiger partial charge in [0.25, 0.3) is 0 Å². The van der Waals surface area contributed by atoms with E-state index >= 15 is 0 Å². The maximum absolute atomic E-state index is 5.31. The average Bonchev–Trinajstić information content (AvgIpc) is 3.19. The van der Waals surface area contributed by atoms with Crippen LogP contribution in [-0.2, 0) is 0 Å². The van der Waals surface area contributed by atoms with E-state index in [0.29, 0.717) is 6.04 Å². The van der Waals surface area contributed by atoms with Crippen molar-refractivity contribution >= 4 is 11.3 Å². The van der Waals surface area contributed by atoms with Crippen LogP contribution in [0.25, 0.3) is 21.8 Å². The quantitative estimate of drug-likeness (QED) is 0.656. The highest BCUT2D eigenvalue weighted by molar-refractivity contribution is 7.13. The second kappa shape index (κ2) is 5.53. The molecule has 0 amide bonds. The third-order valence-electron chi connectivity index (χ3n) is 4.49. The maximum atomic E-state index is 5.31. The number of ether oxygens (including phenoxy) is 1. The highest BCUT2D eigenvalue weighted by Crippen LogP contribution is 2.41. The first-order valence-electron chi connectivity index (χ1n) is 7.96. The van der Waals surface area contributed by atoms with E-state index in [1.807, 2.05) is 18.2 Å². The highest BCUT2D eigenvalue weighted by Gasteiger charge is 2.27. The van der Waals surface area contributed by atoms with Crippen LogP contribution in [0.3, 0.4) is 0 Å². The topological polar surface area (TPSA) is 27.1 Å². The van der Waals surface area contributed by atoms with Gasteiger partial charge in [-0.05, 0) is 44.9 Å². The van der Waals surface area contributed by atoms with Gasteiger partial charge in [-0.2, -0.15) is 0 Å². The molecular weight excluding hydrogens is 304 g/mol. The first kappa shape index (κ1) is 14.5. The third kappa shape index (κ3) is 2.57. The van der Waals surface area contributed by atoms with E-state index in [-0.39, 0.29) is 0 Å². The Hall–Kier alpha value is -2.07. The van der Waals surface area contributed by atoms with Crippen molar-refractivity contribution in [1.82, 2.24) is 9.55 Å². The molecule has 1 aliphatic carbocycles. The summed E-state index contributed by atoms with van der Waals surface area (Å²) in [6.45, 7) is 4.41. The summed E-state index contributed by atoms with van der Waals surface area (Å²) >= 11 is 1.69. The summed E-state index contributed by atoms with van der Waals surface area (Å²) < 4.78 is 7.78. The number of benzene rings is 1. The third-order valence-corrected chi connectivity index (χ3v) is 5.38. The molecule has 118 valence electrons. The van der Waals surface area contributed by atoms with Crippen LogP contribution in [0.5, 0.6) is 5.75 Å². The summed E-state index contributed by atoms with van der Waals surface area (Å²) in [5.74, 6) is 0.867. The smallest absolute Gasteiger partial charge is 0.124 e. The fourth-order valence-corrected chi connectivity index (χ4v) is 4.03.